The van der Waals surface area contributed by atoms with Crippen LogP contribution in [0, 0.1) is 4.77 Å². The summed E-state index contributed by atoms with van der Waals surface area (Å²) in [5, 5.41) is 10.3. The molecule has 0 radical (unpaired) electrons. The van der Waals surface area contributed by atoms with Crippen molar-refractivity contribution in [3.8, 4) is 5.88 Å². The minimum absolute atomic E-state index is 0.230. The highest BCUT2D eigenvalue weighted by atomic mass is 32.1. The quantitative estimate of drug-likeness (QED) is 0.812. The summed E-state index contributed by atoms with van der Waals surface area (Å²) >= 11 is 5.27. The molecule has 1 heterocycles. The van der Waals surface area contributed by atoms with Crippen molar-refractivity contribution in [2.75, 3.05) is 0 Å². The Morgan fingerprint density at radius 1 is 1.22 bits per heavy atom. The van der Waals surface area contributed by atoms with Crippen LogP contribution in [-0.2, 0) is 12.0 Å². The topological polar surface area (TPSA) is 41.0 Å². The molecule has 18 heavy (non-hydrogen) atoms. The summed E-state index contributed by atoms with van der Waals surface area (Å²) in [4.78, 5) is 3.10. The zero-order valence-electron chi connectivity index (χ0n) is 10.9. The van der Waals surface area contributed by atoms with Gasteiger partial charge in [-0.25, -0.2) is 0 Å². The van der Waals surface area contributed by atoms with Gasteiger partial charge in [0.1, 0.15) is 0 Å². The van der Waals surface area contributed by atoms with Gasteiger partial charge in [-0.1, -0.05) is 30.3 Å². The predicted molar refractivity (Wildman–Crippen MR) is 75.5 cm³/mol. The third kappa shape index (κ3) is 2.48. The lowest BCUT2D eigenvalue weighted by Crippen LogP contribution is -2.21. The lowest BCUT2D eigenvalue weighted by molar-refractivity contribution is 0.321. The van der Waals surface area contributed by atoms with Crippen LogP contribution in [0.2, 0.25) is 0 Å². The van der Waals surface area contributed by atoms with Gasteiger partial charge in [0.2, 0.25) is 5.88 Å². The Hall–Kier alpha value is -1.55. The third-order valence-electron chi connectivity index (χ3n) is 2.84. The maximum absolute atomic E-state index is 10.3. The zero-order valence-corrected chi connectivity index (χ0v) is 11.7. The Labute approximate surface area is 112 Å². The van der Waals surface area contributed by atoms with Gasteiger partial charge in [0.05, 0.1) is 5.69 Å². The van der Waals surface area contributed by atoms with Crippen LogP contribution in [0.15, 0.2) is 30.3 Å². The Balaban J connectivity index is 2.40. The fraction of sp³-hybridized carbons (Fsp3) is 0.357. The Morgan fingerprint density at radius 2 is 1.83 bits per heavy atom. The molecular weight excluding hydrogens is 244 g/mol. The Bertz CT molecular complexity index is 590. The van der Waals surface area contributed by atoms with Crippen molar-refractivity contribution >= 4 is 12.2 Å². The van der Waals surface area contributed by atoms with Crippen LogP contribution in [-0.4, -0.2) is 14.7 Å². The van der Waals surface area contributed by atoms with Gasteiger partial charge in [-0.2, -0.15) is 0 Å². The number of aromatic hydroxyl groups is 1. The van der Waals surface area contributed by atoms with E-state index in [-0.39, 0.29) is 11.4 Å². The molecule has 0 unspecified atom stereocenters. The lowest BCUT2D eigenvalue weighted by atomic mass is 10.1. The smallest absolute Gasteiger partial charge is 0.214 e. The van der Waals surface area contributed by atoms with Crippen LogP contribution >= 0.6 is 12.2 Å². The van der Waals surface area contributed by atoms with Gasteiger partial charge < -0.3 is 10.1 Å². The van der Waals surface area contributed by atoms with Crippen LogP contribution in [0.3, 0.4) is 0 Å². The summed E-state index contributed by atoms with van der Waals surface area (Å²) in [5.41, 5.74) is 1.68. The first-order valence-electron chi connectivity index (χ1n) is 5.97. The van der Waals surface area contributed by atoms with Crippen molar-refractivity contribution in [1.82, 2.24) is 9.55 Å². The maximum atomic E-state index is 10.3. The first-order chi connectivity index (χ1) is 8.39. The van der Waals surface area contributed by atoms with Crippen LogP contribution < -0.4 is 0 Å². The SMILES string of the molecule is CC(C)(C)n1c(O)c(Cc2ccccc2)[nH]c1=S. The molecule has 1 aromatic heterocycles. The van der Waals surface area contributed by atoms with Gasteiger partial charge in [0.15, 0.2) is 4.77 Å². The fourth-order valence-electron chi connectivity index (χ4n) is 2.02. The van der Waals surface area contributed by atoms with E-state index in [2.05, 4.69) is 4.98 Å². The predicted octanol–water partition coefficient (Wildman–Crippen LogP) is 3.60. The average molecular weight is 262 g/mol. The van der Waals surface area contributed by atoms with Crippen molar-refractivity contribution < 1.29 is 5.11 Å². The summed E-state index contributed by atoms with van der Waals surface area (Å²) in [6, 6.07) is 10.0. The molecule has 0 fully saturated rings. The summed E-state index contributed by atoms with van der Waals surface area (Å²) in [6.07, 6.45) is 0.652. The minimum atomic E-state index is -0.230. The molecule has 2 N–H and O–H groups in total. The molecule has 4 heteroatoms. The van der Waals surface area contributed by atoms with Crippen molar-refractivity contribution in [3.63, 3.8) is 0 Å². The molecule has 0 aliphatic heterocycles. The molecule has 0 aliphatic rings. The Morgan fingerprint density at radius 3 is 2.33 bits per heavy atom. The number of hydrogen-bond acceptors (Lipinski definition) is 2. The number of rotatable bonds is 2. The number of aromatic amines is 1. The van der Waals surface area contributed by atoms with Gasteiger partial charge in [-0.05, 0) is 38.6 Å². The van der Waals surface area contributed by atoms with Crippen molar-refractivity contribution in [2.45, 2.75) is 32.7 Å². The molecule has 2 aromatic rings. The van der Waals surface area contributed by atoms with Crippen molar-refractivity contribution in [3.05, 3.63) is 46.4 Å². The molecule has 0 saturated heterocycles. The zero-order chi connectivity index (χ0) is 13.3. The number of nitrogens with one attached hydrogen (secondary N) is 1. The normalized spacial score (nSPS) is 11.7. The fourth-order valence-corrected chi connectivity index (χ4v) is 2.50. The highest BCUT2D eigenvalue weighted by molar-refractivity contribution is 7.71. The number of H-pyrrole nitrogens is 1. The van der Waals surface area contributed by atoms with E-state index in [1.807, 2.05) is 51.1 Å². The summed E-state index contributed by atoms with van der Waals surface area (Å²) in [6.45, 7) is 6.05. The van der Waals surface area contributed by atoms with Gasteiger partial charge in [0, 0.05) is 12.0 Å². The molecule has 0 atom stereocenters. The van der Waals surface area contributed by atoms with Gasteiger partial charge >= 0.3 is 0 Å². The third-order valence-corrected chi connectivity index (χ3v) is 3.12. The van der Waals surface area contributed by atoms with E-state index in [1.165, 1.54) is 0 Å². The van der Waals surface area contributed by atoms with Crippen molar-refractivity contribution in [1.29, 1.82) is 0 Å². The summed E-state index contributed by atoms with van der Waals surface area (Å²) < 4.78 is 2.31. The molecule has 0 amide bonds. The first kappa shape index (κ1) is 12.9. The first-order valence-corrected chi connectivity index (χ1v) is 6.37. The number of hydrogen-bond donors (Lipinski definition) is 2. The molecule has 3 nitrogen and oxygen atoms in total. The molecule has 1 aromatic carbocycles. The summed E-state index contributed by atoms with van der Waals surface area (Å²) in [5.74, 6) is 0.233. The number of aromatic nitrogens is 2. The van der Waals surface area contributed by atoms with Gasteiger partial charge in [0.25, 0.3) is 0 Å². The Kier molecular flexibility index (Phi) is 3.30. The molecule has 0 saturated carbocycles. The van der Waals surface area contributed by atoms with Crippen molar-refractivity contribution in [2.24, 2.45) is 0 Å². The largest absolute Gasteiger partial charge is 0.493 e. The second-order valence-corrected chi connectivity index (χ2v) is 5.79. The highest BCUT2D eigenvalue weighted by Gasteiger charge is 2.21. The van der Waals surface area contributed by atoms with Crippen LogP contribution in [0.1, 0.15) is 32.0 Å². The van der Waals surface area contributed by atoms with E-state index < -0.39 is 0 Å². The van der Waals surface area contributed by atoms with Gasteiger partial charge in [-0.15, -0.1) is 0 Å². The molecule has 96 valence electrons. The van der Waals surface area contributed by atoms with E-state index in [1.54, 1.807) is 4.57 Å². The number of imidazole rings is 1. The lowest BCUT2D eigenvalue weighted by Gasteiger charge is -2.21. The number of benzene rings is 1. The van der Waals surface area contributed by atoms with E-state index in [9.17, 15) is 5.11 Å². The molecule has 0 bridgehead atoms. The minimum Gasteiger partial charge on any atom is -0.493 e. The van der Waals surface area contributed by atoms with E-state index >= 15 is 0 Å². The van der Waals surface area contributed by atoms with Crippen LogP contribution in [0.25, 0.3) is 0 Å². The van der Waals surface area contributed by atoms with E-state index in [0.717, 1.165) is 11.3 Å². The highest BCUT2D eigenvalue weighted by Crippen LogP contribution is 2.27. The molecule has 0 aliphatic carbocycles. The standard InChI is InChI=1S/C14H18N2OS/c1-14(2,3)16-12(17)11(15-13(16)18)9-10-7-5-4-6-8-10/h4-8,17H,9H2,1-3H3,(H,15,18). The molecule has 2 rings (SSSR count). The van der Waals surface area contributed by atoms with E-state index in [0.29, 0.717) is 11.2 Å². The average Bonchev–Trinajstić information content (AvgIpc) is 2.54. The second kappa shape index (κ2) is 4.61. The molecule has 0 spiro atoms. The maximum Gasteiger partial charge on any atom is 0.214 e. The van der Waals surface area contributed by atoms with Gasteiger partial charge in [-0.3, -0.25) is 4.57 Å². The van der Waals surface area contributed by atoms with Crippen LogP contribution in [0.5, 0.6) is 5.88 Å². The summed E-state index contributed by atoms with van der Waals surface area (Å²) in [7, 11) is 0. The van der Waals surface area contributed by atoms with Crippen LogP contribution in [0.4, 0.5) is 0 Å². The number of nitrogens with zero attached hydrogens (tertiary/aromatic N) is 1. The molecular formula is C14H18N2OS. The van der Waals surface area contributed by atoms with E-state index in [4.69, 9.17) is 12.2 Å². The second-order valence-electron chi connectivity index (χ2n) is 5.40. The monoisotopic (exact) mass is 262 g/mol.